The Bertz CT molecular complexity index is 1130. The summed E-state index contributed by atoms with van der Waals surface area (Å²) in [4.78, 5) is 33.6. The lowest BCUT2D eigenvalue weighted by molar-refractivity contribution is 0.0925. The zero-order valence-electron chi connectivity index (χ0n) is 19.7. The Kier molecular flexibility index (Phi) is 7.28. The van der Waals surface area contributed by atoms with E-state index in [1.165, 1.54) is 16.0 Å². The summed E-state index contributed by atoms with van der Waals surface area (Å²) in [6.45, 7) is 4.04. The molecule has 2 aromatic heterocycles. The molecule has 1 aliphatic rings. The normalized spacial score (nSPS) is 18.1. The molecule has 1 aromatic carbocycles. The first-order valence-corrected chi connectivity index (χ1v) is 12.2. The average Bonchev–Trinajstić information content (AvgIpc) is 3.52. The predicted molar refractivity (Wildman–Crippen MR) is 130 cm³/mol. The summed E-state index contributed by atoms with van der Waals surface area (Å²) in [7, 11) is 3.51. The van der Waals surface area contributed by atoms with Crippen molar-refractivity contribution in [2.75, 3.05) is 27.2 Å². The summed E-state index contributed by atoms with van der Waals surface area (Å²) in [6, 6.07) is 9.74. The second-order valence-corrected chi connectivity index (χ2v) is 9.57. The molecule has 0 radical (unpaired) electrons. The minimum atomic E-state index is -0.277. The first-order valence-electron chi connectivity index (χ1n) is 11.3. The number of carbonyl (C=O) groups excluding carboxylic acids is 2. The third-order valence-electron chi connectivity index (χ3n) is 6.07. The van der Waals surface area contributed by atoms with Crippen molar-refractivity contribution in [2.45, 2.75) is 32.4 Å². The molecule has 4 rings (SSSR count). The number of rotatable bonds is 6. The first kappa shape index (κ1) is 23.9. The molecule has 0 bridgehead atoms. The van der Waals surface area contributed by atoms with E-state index in [4.69, 9.17) is 10.5 Å². The molecule has 1 saturated heterocycles. The van der Waals surface area contributed by atoms with Crippen molar-refractivity contribution < 1.29 is 14.3 Å². The van der Waals surface area contributed by atoms with Crippen LogP contribution in [0.1, 0.15) is 46.6 Å². The smallest absolute Gasteiger partial charge is 0.323 e. The van der Waals surface area contributed by atoms with Crippen LogP contribution in [0.25, 0.3) is 0 Å². The highest BCUT2D eigenvalue weighted by Crippen LogP contribution is 2.32. The molecule has 180 valence electrons. The summed E-state index contributed by atoms with van der Waals surface area (Å²) in [5.74, 6) is 0.457. The minimum Gasteiger partial charge on any atom is -0.458 e. The number of hydrogen-bond acceptors (Lipinski definition) is 7. The number of hydrogen-bond donors (Lipinski definition) is 1. The number of thiophene rings is 1. The van der Waals surface area contributed by atoms with Gasteiger partial charge < -0.3 is 20.3 Å². The standard InChI is InChI=1S/C24H30N6O3S/c1-16-13-29(24(32)28(2)3)10-8-20(16)21-26-23(30(27-21)22(31)19-9-11-34-15-19)33-14-18-6-4-17(12-25)5-7-18/h4-7,9,11,15-16,20H,8,10,12-14,25H2,1-3H3. The van der Waals surface area contributed by atoms with Crippen LogP contribution in [0, 0.1) is 5.92 Å². The lowest BCUT2D eigenvalue weighted by atomic mass is 9.86. The summed E-state index contributed by atoms with van der Waals surface area (Å²) in [5, 5.41) is 8.23. The van der Waals surface area contributed by atoms with Gasteiger partial charge >= 0.3 is 12.0 Å². The van der Waals surface area contributed by atoms with E-state index in [1.807, 2.05) is 34.5 Å². The Morgan fingerprint density at radius 3 is 2.56 bits per heavy atom. The molecule has 0 aliphatic carbocycles. The van der Waals surface area contributed by atoms with Crippen molar-refractivity contribution >= 4 is 23.3 Å². The molecule has 2 atom stereocenters. The van der Waals surface area contributed by atoms with Gasteiger partial charge in [-0.1, -0.05) is 31.2 Å². The van der Waals surface area contributed by atoms with Crippen LogP contribution in [0.5, 0.6) is 6.01 Å². The van der Waals surface area contributed by atoms with Gasteiger partial charge in [0, 0.05) is 45.0 Å². The largest absolute Gasteiger partial charge is 0.458 e. The molecule has 2 N–H and O–H groups in total. The lowest BCUT2D eigenvalue weighted by Gasteiger charge is -2.36. The Morgan fingerprint density at radius 1 is 1.21 bits per heavy atom. The van der Waals surface area contributed by atoms with Crippen LogP contribution in [-0.4, -0.2) is 63.7 Å². The van der Waals surface area contributed by atoms with Gasteiger partial charge in [0.25, 0.3) is 5.91 Å². The zero-order valence-corrected chi connectivity index (χ0v) is 20.5. The number of amides is 2. The molecule has 9 nitrogen and oxygen atoms in total. The fourth-order valence-corrected chi connectivity index (χ4v) is 4.74. The molecule has 0 spiro atoms. The van der Waals surface area contributed by atoms with Gasteiger partial charge in [0.1, 0.15) is 6.61 Å². The van der Waals surface area contributed by atoms with Crippen LogP contribution in [0.3, 0.4) is 0 Å². The zero-order chi connectivity index (χ0) is 24.2. The van der Waals surface area contributed by atoms with Crippen LogP contribution < -0.4 is 10.5 Å². The maximum Gasteiger partial charge on any atom is 0.323 e. The van der Waals surface area contributed by atoms with Crippen LogP contribution >= 0.6 is 11.3 Å². The van der Waals surface area contributed by atoms with Gasteiger partial charge in [0.15, 0.2) is 5.82 Å². The molecule has 2 amide bonds. The van der Waals surface area contributed by atoms with Gasteiger partial charge in [0.2, 0.25) is 0 Å². The number of nitrogens with zero attached hydrogens (tertiary/aromatic N) is 5. The van der Waals surface area contributed by atoms with Crippen molar-refractivity contribution in [3.8, 4) is 6.01 Å². The molecule has 1 aliphatic heterocycles. The van der Waals surface area contributed by atoms with Gasteiger partial charge in [-0.25, -0.2) is 4.79 Å². The number of likely N-dealkylation sites (tertiary alicyclic amines) is 1. The lowest BCUT2D eigenvalue weighted by Crippen LogP contribution is -2.46. The van der Waals surface area contributed by atoms with Gasteiger partial charge in [-0.3, -0.25) is 4.79 Å². The van der Waals surface area contributed by atoms with E-state index < -0.39 is 0 Å². The van der Waals surface area contributed by atoms with Crippen molar-refractivity contribution in [3.63, 3.8) is 0 Å². The number of urea groups is 1. The van der Waals surface area contributed by atoms with Crippen LogP contribution in [0.15, 0.2) is 41.1 Å². The van der Waals surface area contributed by atoms with Gasteiger partial charge in [-0.15, -0.1) is 9.78 Å². The Hall–Kier alpha value is -3.24. The molecular weight excluding hydrogens is 452 g/mol. The van der Waals surface area contributed by atoms with E-state index in [1.54, 1.807) is 30.4 Å². The van der Waals surface area contributed by atoms with Crippen molar-refractivity contribution in [1.29, 1.82) is 0 Å². The van der Waals surface area contributed by atoms with Crippen LogP contribution in [-0.2, 0) is 13.2 Å². The van der Waals surface area contributed by atoms with E-state index in [0.29, 0.717) is 31.0 Å². The quantitative estimate of drug-likeness (QED) is 0.578. The predicted octanol–water partition coefficient (Wildman–Crippen LogP) is 3.17. The van der Waals surface area contributed by atoms with E-state index in [0.717, 1.165) is 17.5 Å². The molecule has 3 heterocycles. The van der Waals surface area contributed by atoms with Crippen molar-refractivity contribution in [1.82, 2.24) is 24.6 Å². The van der Waals surface area contributed by atoms with Crippen LogP contribution in [0.2, 0.25) is 0 Å². The van der Waals surface area contributed by atoms with E-state index in [9.17, 15) is 9.59 Å². The van der Waals surface area contributed by atoms with Gasteiger partial charge in [-0.05, 0) is 34.9 Å². The summed E-state index contributed by atoms with van der Waals surface area (Å²) >= 11 is 1.45. The summed E-state index contributed by atoms with van der Waals surface area (Å²) in [6.07, 6.45) is 0.720. The fourth-order valence-electron chi connectivity index (χ4n) is 4.11. The maximum absolute atomic E-state index is 13.1. The molecule has 0 saturated carbocycles. The van der Waals surface area contributed by atoms with Gasteiger partial charge in [-0.2, -0.15) is 16.3 Å². The topological polar surface area (TPSA) is 107 Å². The average molecular weight is 483 g/mol. The number of ether oxygens (including phenoxy) is 1. The molecule has 34 heavy (non-hydrogen) atoms. The third kappa shape index (κ3) is 5.13. The van der Waals surface area contributed by atoms with E-state index >= 15 is 0 Å². The maximum atomic E-state index is 13.1. The highest BCUT2D eigenvalue weighted by Gasteiger charge is 2.34. The first-order chi connectivity index (χ1) is 16.4. The number of nitrogens with two attached hydrogens (primary N) is 1. The SMILES string of the molecule is CC1CN(C(=O)N(C)C)CCC1c1nc(OCc2ccc(CN)cc2)n(C(=O)c2ccsc2)n1. The second-order valence-electron chi connectivity index (χ2n) is 8.79. The fraction of sp³-hybridized carbons (Fsp3) is 0.417. The molecule has 2 unspecified atom stereocenters. The molecular formula is C24H30N6O3S. The van der Waals surface area contributed by atoms with Crippen molar-refractivity contribution in [3.05, 3.63) is 63.6 Å². The Balaban J connectivity index is 1.56. The highest BCUT2D eigenvalue weighted by atomic mass is 32.1. The molecule has 10 heteroatoms. The number of benzene rings is 1. The Morgan fingerprint density at radius 2 is 1.94 bits per heavy atom. The third-order valence-corrected chi connectivity index (χ3v) is 6.75. The number of carbonyl (C=O) groups is 2. The van der Waals surface area contributed by atoms with E-state index in [-0.39, 0.29) is 36.4 Å². The van der Waals surface area contributed by atoms with Gasteiger partial charge in [0.05, 0.1) is 5.56 Å². The minimum absolute atomic E-state index is 0.00102. The monoisotopic (exact) mass is 482 g/mol. The molecule has 1 fully saturated rings. The number of piperidine rings is 1. The summed E-state index contributed by atoms with van der Waals surface area (Å²) in [5.41, 5.74) is 8.20. The summed E-state index contributed by atoms with van der Waals surface area (Å²) < 4.78 is 7.24. The Labute approximate surface area is 203 Å². The molecule has 3 aromatic rings. The highest BCUT2D eigenvalue weighted by molar-refractivity contribution is 7.08. The number of aromatic nitrogens is 3. The van der Waals surface area contributed by atoms with Crippen molar-refractivity contribution in [2.24, 2.45) is 11.7 Å². The second kappa shape index (κ2) is 10.4. The van der Waals surface area contributed by atoms with E-state index in [2.05, 4.69) is 17.0 Å². The van der Waals surface area contributed by atoms with Crippen LogP contribution in [0.4, 0.5) is 4.79 Å².